The minimum absolute atomic E-state index is 0.0921. The van der Waals surface area contributed by atoms with Gasteiger partial charge in [0.15, 0.2) is 17.3 Å². The molecule has 0 atom stereocenters. The lowest BCUT2D eigenvalue weighted by molar-refractivity contribution is 0.0697. The van der Waals surface area contributed by atoms with Crippen LogP contribution in [0, 0.1) is 5.82 Å². The molecule has 0 spiro atoms. The molecule has 0 saturated heterocycles. The van der Waals surface area contributed by atoms with Crippen molar-refractivity contribution in [2.24, 2.45) is 0 Å². The number of fused-ring (bicyclic) bond motifs is 1. The fourth-order valence-corrected chi connectivity index (χ4v) is 2.53. The van der Waals surface area contributed by atoms with E-state index < -0.39 is 11.8 Å². The third kappa shape index (κ3) is 2.75. The summed E-state index contributed by atoms with van der Waals surface area (Å²) < 4.78 is 24.5. The van der Waals surface area contributed by atoms with Crippen molar-refractivity contribution in [2.45, 2.75) is 6.92 Å². The number of hydrogen-bond acceptors (Lipinski definition) is 4. The number of aromatic carboxylic acids is 1. The standard InChI is InChI=1S/C17H13FO5/c1-9(19)12-7-15-16(23-5-4-22-15)8-14(12)13-6-10(18)2-3-11(13)17(20)21/h2-3,6-8H,4-5H2,1H3,(H,20,21). The van der Waals surface area contributed by atoms with Gasteiger partial charge < -0.3 is 14.6 Å². The molecule has 1 N–H and O–H groups in total. The zero-order chi connectivity index (χ0) is 16.6. The lowest BCUT2D eigenvalue weighted by Gasteiger charge is -2.21. The molecular formula is C17H13FO5. The normalized spacial score (nSPS) is 12.8. The number of carbonyl (C=O) groups excluding carboxylic acids is 1. The van der Waals surface area contributed by atoms with Crippen LogP contribution in [0.1, 0.15) is 27.6 Å². The highest BCUT2D eigenvalue weighted by Crippen LogP contribution is 2.39. The number of carboxylic acids is 1. The third-order valence-corrected chi connectivity index (χ3v) is 3.56. The fourth-order valence-electron chi connectivity index (χ4n) is 2.53. The van der Waals surface area contributed by atoms with Gasteiger partial charge in [-0.15, -0.1) is 0 Å². The summed E-state index contributed by atoms with van der Waals surface area (Å²) in [5.74, 6) is -1.26. The van der Waals surface area contributed by atoms with E-state index in [1.807, 2.05) is 0 Å². The van der Waals surface area contributed by atoms with Crippen molar-refractivity contribution in [3.63, 3.8) is 0 Å². The molecule has 1 aliphatic rings. The van der Waals surface area contributed by atoms with E-state index in [1.54, 1.807) is 0 Å². The highest BCUT2D eigenvalue weighted by Gasteiger charge is 2.22. The second-order valence-electron chi connectivity index (χ2n) is 5.09. The van der Waals surface area contributed by atoms with Gasteiger partial charge in [-0.2, -0.15) is 0 Å². The Hall–Kier alpha value is -2.89. The van der Waals surface area contributed by atoms with E-state index in [9.17, 15) is 19.1 Å². The molecule has 2 aromatic rings. The highest BCUT2D eigenvalue weighted by atomic mass is 19.1. The maximum absolute atomic E-state index is 13.6. The summed E-state index contributed by atoms with van der Waals surface area (Å²) in [5, 5.41) is 9.32. The Morgan fingerprint density at radius 1 is 1.00 bits per heavy atom. The second-order valence-corrected chi connectivity index (χ2v) is 5.09. The van der Waals surface area contributed by atoms with Crippen LogP contribution in [-0.2, 0) is 0 Å². The van der Waals surface area contributed by atoms with Crippen LogP contribution < -0.4 is 9.47 Å². The first-order valence-electron chi connectivity index (χ1n) is 6.95. The van der Waals surface area contributed by atoms with E-state index in [-0.39, 0.29) is 22.5 Å². The molecule has 0 radical (unpaired) electrons. The van der Waals surface area contributed by atoms with Crippen molar-refractivity contribution in [1.82, 2.24) is 0 Å². The summed E-state index contributed by atoms with van der Waals surface area (Å²) in [6, 6.07) is 6.36. The summed E-state index contributed by atoms with van der Waals surface area (Å²) in [6.07, 6.45) is 0. The summed E-state index contributed by atoms with van der Waals surface area (Å²) in [6.45, 7) is 2.07. The van der Waals surface area contributed by atoms with Gasteiger partial charge in [0, 0.05) is 5.56 Å². The smallest absolute Gasteiger partial charge is 0.336 e. The Kier molecular flexibility index (Phi) is 3.73. The summed E-state index contributed by atoms with van der Waals surface area (Å²) >= 11 is 0. The zero-order valence-corrected chi connectivity index (χ0v) is 12.3. The summed E-state index contributed by atoms with van der Waals surface area (Å²) in [4.78, 5) is 23.4. The molecule has 0 amide bonds. The third-order valence-electron chi connectivity index (χ3n) is 3.56. The Balaban J connectivity index is 2.29. The first-order valence-corrected chi connectivity index (χ1v) is 6.95. The number of Topliss-reactive ketones (excluding diaryl/α,β-unsaturated/α-hetero) is 1. The molecule has 0 saturated carbocycles. The molecule has 0 unspecified atom stereocenters. The van der Waals surface area contributed by atoms with Gasteiger partial charge in [-0.3, -0.25) is 4.79 Å². The molecule has 0 bridgehead atoms. The quantitative estimate of drug-likeness (QED) is 0.881. The van der Waals surface area contributed by atoms with Crippen molar-refractivity contribution in [3.05, 3.63) is 47.3 Å². The highest BCUT2D eigenvalue weighted by molar-refractivity contribution is 6.05. The molecule has 118 valence electrons. The van der Waals surface area contributed by atoms with Gasteiger partial charge in [-0.1, -0.05) is 0 Å². The average Bonchev–Trinajstić information content (AvgIpc) is 2.53. The molecule has 0 aromatic heterocycles. The summed E-state index contributed by atoms with van der Waals surface area (Å²) in [7, 11) is 0. The summed E-state index contributed by atoms with van der Waals surface area (Å²) in [5.41, 5.74) is 0.589. The lowest BCUT2D eigenvalue weighted by Crippen LogP contribution is -2.16. The average molecular weight is 316 g/mol. The van der Waals surface area contributed by atoms with E-state index in [0.29, 0.717) is 30.3 Å². The minimum Gasteiger partial charge on any atom is -0.486 e. The van der Waals surface area contributed by atoms with Crippen LogP contribution >= 0.6 is 0 Å². The van der Waals surface area contributed by atoms with E-state index in [2.05, 4.69) is 0 Å². The van der Waals surface area contributed by atoms with Crippen LogP contribution in [0.25, 0.3) is 11.1 Å². The Morgan fingerprint density at radius 3 is 2.22 bits per heavy atom. The van der Waals surface area contributed by atoms with E-state index in [1.165, 1.54) is 25.1 Å². The predicted molar refractivity (Wildman–Crippen MR) is 79.8 cm³/mol. The van der Waals surface area contributed by atoms with Gasteiger partial charge in [0.1, 0.15) is 19.0 Å². The van der Waals surface area contributed by atoms with Crippen LogP contribution in [0.2, 0.25) is 0 Å². The molecule has 6 heteroatoms. The Morgan fingerprint density at radius 2 is 1.61 bits per heavy atom. The molecule has 1 heterocycles. The first-order chi connectivity index (χ1) is 11.0. The van der Waals surface area contributed by atoms with Gasteiger partial charge >= 0.3 is 5.97 Å². The molecular weight excluding hydrogens is 303 g/mol. The molecule has 5 nitrogen and oxygen atoms in total. The molecule has 0 fully saturated rings. The SMILES string of the molecule is CC(=O)c1cc2c(cc1-c1cc(F)ccc1C(=O)O)OCCO2. The number of carboxylic acid groups (broad SMARTS) is 1. The first kappa shape index (κ1) is 15.0. The molecule has 0 aliphatic carbocycles. The van der Waals surface area contributed by atoms with Gasteiger partial charge in [-0.05, 0) is 48.4 Å². The van der Waals surface area contributed by atoms with Crippen LogP contribution in [0.15, 0.2) is 30.3 Å². The van der Waals surface area contributed by atoms with Gasteiger partial charge in [0.25, 0.3) is 0 Å². The van der Waals surface area contributed by atoms with Gasteiger partial charge in [0.2, 0.25) is 0 Å². The number of rotatable bonds is 3. The minimum atomic E-state index is -1.20. The van der Waals surface area contributed by atoms with Crippen molar-refractivity contribution in [3.8, 4) is 22.6 Å². The van der Waals surface area contributed by atoms with Crippen molar-refractivity contribution in [2.75, 3.05) is 13.2 Å². The van der Waals surface area contributed by atoms with Crippen molar-refractivity contribution in [1.29, 1.82) is 0 Å². The van der Waals surface area contributed by atoms with Crippen LogP contribution in [0.3, 0.4) is 0 Å². The van der Waals surface area contributed by atoms with Gasteiger partial charge in [0.05, 0.1) is 5.56 Å². The maximum Gasteiger partial charge on any atom is 0.336 e. The molecule has 2 aromatic carbocycles. The number of hydrogen-bond donors (Lipinski definition) is 1. The second kappa shape index (κ2) is 5.72. The van der Waals surface area contributed by atoms with E-state index in [0.717, 1.165) is 12.1 Å². The largest absolute Gasteiger partial charge is 0.486 e. The number of ether oxygens (including phenoxy) is 2. The predicted octanol–water partition coefficient (Wildman–Crippen LogP) is 3.16. The molecule has 1 aliphatic heterocycles. The molecule has 23 heavy (non-hydrogen) atoms. The molecule has 3 rings (SSSR count). The number of halogens is 1. The monoisotopic (exact) mass is 316 g/mol. The Labute approximate surface area is 131 Å². The Bertz CT molecular complexity index is 813. The van der Waals surface area contributed by atoms with E-state index >= 15 is 0 Å². The fraction of sp³-hybridized carbons (Fsp3) is 0.176. The topological polar surface area (TPSA) is 72.8 Å². The maximum atomic E-state index is 13.6. The van der Waals surface area contributed by atoms with Crippen LogP contribution in [0.4, 0.5) is 4.39 Å². The number of benzene rings is 2. The van der Waals surface area contributed by atoms with Gasteiger partial charge in [-0.25, -0.2) is 9.18 Å². The zero-order valence-electron chi connectivity index (χ0n) is 12.3. The number of ketones is 1. The van der Waals surface area contributed by atoms with Crippen molar-refractivity contribution >= 4 is 11.8 Å². The van der Waals surface area contributed by atoms with E-state index in [4.69, 9.17) is 9.47 Å². The van der Waals surface area contributed by atoms with Crippen molar-refractivity contribution < 1.29 is 28.6 Å². The lowest BCUT2D eigenvalue weighted by atomic mass is 9.93. The number of carbonyl (C=O) groups is 2. The van der Waals surface area contributed by atoms with Crippen LogP contribution in [-0.4, -0.2) is 30.1 Å². The van der Waals surface area contributed by atoms with Crippen LogP contribution in [0.5, 0.6) is 11.5 Å².